The molecule has 4 rings (SSSR count). The maximum atomic E-state index is 13.1. The number of hydrogen-bond donors (Lipinski definition) is 0. The van der Waals surface area contributed by atoms with E-state index >= 15 is 0 Å². The van der Waals surface area contributed by atoms with E-state index in [1.54, 1.807) is 23.1 Å². The summed E-state index contributed by atoms with van der Waals surface area (Å²) in [4.78, 5) is 23.1. The van der Waals surface area contributed by atoms with Crippen LogP contribution < -0.4 is 9.47 Å². The van der Waals surface area contributed by atoms with Crippen molar-refractivity contribution in [1.29, 1.82) is 0 Å². The zero-order valence-corrected chi connectivity index (χ0v) is 16.5. The molecule has 1 atom stereocenters. The fraction of sp³-hybridized carbons (Fsp3) is 0.333. The molecule has 2 aromatic heterocycles. The van der Waals surface area contributed by atoms with Crippen molar-refractivity contribution in [3.05, 3.63) is 60.0 Å². The number of rotatable bonds is 5. The van der Waals surface area contributed by atoms with Crippen molar-refractivity contribution in [2.24, 2.45) is 0 Å². The van der Waals surface area contributed by atoms with Gasteiger partial charge < -0.3 is 14.4 Å². The Morgan fingerprint density at radius 3 is 2.83 bits per heavy atom. The van der Waals surface area contributed by atoms with Crippen LogP contribution in [0.5, 0.6) is 11.9 Å². The van der Waals surface area contributed by atoms with Crippen LogP contribution >= 0.6 is 0 Å². The van der Waals surface area contributed by atoms with E-state index in [1.807, 2.05) is 42.2 Å². The number of amides is 1. The number of likely N-dealkylation sites (tertiary alicyclic amines) is 1. The van der Waals surface area contributed by atoms with E-state index in [0.717, 1.165) is 24.2 Å². The summed E-state index contributed by atoms with van der Waals surface area (Å²) in [5.74, 6) is 0.419. The van der Waals surface area contributed by atoms with Gasteiger partial charge in [-0.1, -0.05) is 18.2 Å². The molecule has 150 valence electrons. The van der Waals surface area contributed by atoms with Crippen LogP contribution in [0.4, 0.5) is 0 Å². The molecule has 3 heterocycles. The van der Waals surface area contributed by atoms with Crippen molar-refractivity contribution in [2.75, 3.05) is 20.2 Å². The molecule has 1 saturated heterocycles. The molecule has 8 heteroatoms. The highest BCUT2D eigenvalue weighted by atomic mass is 16.5. The molecule has 29 heavy (non-hydrogen) atoms. The number of carbonyl (C=O) groups is 1. The van der Waals surface area contributed by atoms with Crippen molar-refractivity contribution in [1.82, 2.24) is 24.6 Å². The molecule has 1 unspecified atom stereocenters. The minimum absolute atomic E-state index is 0.0294. The topological polar surface area (TPSA) is 82.4 Å². The molecule has 8 nitrogen and oxygen atoms in total. The van der Waals surface area contributed by atoms with Crippen LogP contribution in [0, 0.1) is 6.92 Å². The number of aromatic nitrogens is 4. The Balaban J connectivity index is 1.47. The van der Waals surface area contributed by atoms with E-state index in [-0.39, 0.29) is 18.0 Å². The quantitative estimate of drug-likeness (QED) is 0.663. The van der Waals surface area contributed by atoms with E-state index in [9.17, 15) is 4.79 Å². The number of para-hydroxylation sites is 1. The smallest absolute Gasteiger partial charge is 0.319 e. The highest BCUT2D eigenvalue weighted by Gasteiger charge is 2.28. The summed E-state index contributed by atoms with van der Waals surface area (Å²) in [7, 11) is 1.51. The van der Waals surface area contributed by atoms with Gasteiger partial charge in [-0.05, 0) is 31.9 Å². The summed E-state index contributed by atoms with van der Waals surface area (Å²) in [6.07, 6.45) is 4.83. The molecule has 1 aliphatic heterocycles. The third kappa shape index (κ3) is 4.06. The average molecular weight is 393 g/mol. The maximum absolute atomic E-state index is 13.1. The predicted octanol–water partition coefficient (Wildman–Crippen LogP) is 2.66. The zero-order chi connectivity index (χ0) is 20.2. The number of hydrogen-bond acceptors (Lipinski definition) is 6. The van der Waals surface area contributed by atoms with E-state index in [0.29, 0.717) is 24.5 Å². The van der Waals surface area contributed by atoms with E-state index < -0.39 is 0 Å². The number of methoxy groups -OCH3 is 1. The molecular formula is C21H23N5O3. The largest absolute Gasteiger partial charge is 0.472 e. The fourth-order valence-electron chi connectivity index (χ4n) is 3.50. The Labute approximate surface area is 169 Å². The second kappa shape index (κ2) is 8.30. The average Bonchev–Trinajstić information content (AvgIpc) is 3.15. The van der Waals surface area contributed by atoms with E-state index in [2.05, 4.69) is 15.1 Å². The minimum atomic E-state index is -0.128. The first kappa shape index (κ1) is 18.9. The lowest BCUT2D eigenvalue weighted by Crippen LogP contribution is -2.44. The number of carbonyl (C=O) groups excluding carboxylic acids is 1. The van der Waals surface area contributed by atoms with Gasteiger partial charge in [0.05, 0.1) is 36.8 Å². The first-order chi connectivity index (χ1) is 14.2. The molecule has 1 aromatic carbocycles. The van der Waals surface area contributed by atoms with Crippen LogP contribution in [0.2, 0.25) is 0 Å². The SMILES string of the molecule is COc1nccc(OC2CCCN(C(=O)c3cnn(-c4ccccc4)c3C)C2)n1. The lowest BCUT2D eigenvalue weighted by atomic mass is 10.1. The summed E-state index contributed by atoms with van der Waals surface area (Å²) < 4.78 is 12.8. The van der Waals surface area contributed by atoms with Crippen molar-refractivity contribution in [3.8, 4) is 17.6 Å². The summed E-state index contributed by atoms with van der Waals surface area (Å²) in [5, 5.41) is 4.41. The molecule has 0 spiro atoms. The molecule has 0 aliphatic carbocycles. The van der Waals surface area contributed by atoms with E-state index in [4.69, 9.17) is 9.47 Å². The van der Waals surface area contributed by atoms with Gasteiger partial charge in [-0.15, -0.1) is 0 Å². The van der Waals surface area contributed by atoms with Gasteiger partial charge in [0.15, 0.2) is 0 Å². The Morgan fingerprint density at radius 1 is 1.21 bits per heavy atom. The Morgan fingerprint density at radius 2 is 2.03 bits per heavy atom. The number of nitrogens with zero attached hydrogens (tertiary/aromatic N) is 5. The maximum Gasteiger partial charge on any atom is 0.319 e. The Kier molecular flexibility index (Phi) is 5.41. The van der Waals surface area contributed by atoms with E-state index in [1.165, 1.54) is 7.11 Å². The van der Waals surface area contributed by atoms with Crippen LogP contribution in [0.15, 0.2) is 48.8 Å². The fourth-order valence-corrected chi connectivity index (χ4v) is 3.50. The van der Waals surface area contributed by atoms with Crippen LogP contribution in [0.1, 0.15) is 28.9 Å². The predicted molar refractivity (Wildman–Crippen MR) is 106 cm³/mol. The summed E-state index contributed by atoms with van der Waals surface area (Å²) in [6, 6.07) is 11.7. The lowest BCUT2D eigenvalue weighted by Gasteiger charge is -2.32. The normalized spacial score (nSPS) is 16.5. The number of ether oxygens (including phenoxy) is 2. The van der Waals surface area contributed by atoms with Gasteiger partial charge >= 0.3 is 6.01 Å². The van der Waals surface area contributed by atoms with Crippen LogP contribution in [-0.4, -0.2) is 56.9 Å². The Hall–Kier alpha value is -3.42. The Bertz CT molecular complexity index is 989. The van der Waals surface area contributed by atoms with Crippen molar-refractivity contribution in [2.45, 2.75) is 25.9 Å². The number of benzene rings is 1. The summed E-state index contributed by atoms with van der Waals surface area (Å²) in [6.45, 7) is 3.11. The van der Waals surface area contributed by atoms with Crippen molar-refractivity contribution >= 4 is 5.91 Å². The van der Waals surface area contributed by atoms with Gasteiger partial charge in [0, 0.05) is 18.8 Å². The molecule has 0 saturated carbocycles. The van der Waals surface area contributed by atoms with Gasteiger partial charge in [-0.25, -0.2) is 9.67 Å². The minimum Gasteiger partial charge on any atom is -0.472 e. The summed E-state index contributed by atoms with van der Waals surface area (Å²) >= 11 is 0. The van der Waals surface area contributed by atoms with Crippen molar-refractivity contribution < 1.29 is 14.3 Å². The molecule has 0 N–H and O–H groups in total. The molecule has 1 aliphatic rings. The molecular weight excluding hydrogens is 370 g/mol. The molecule has 1 amide bonds. The molecule has 0 radical (unpaired) electrons. The third-order valence-electron chi connectivity index (χ3n) is 4.98. The first-order valence-corrected chi connectivity index (χ1v) is 9.58. The van der Waals surface area contributed by atoms with Crippen LogP contribution in [0.3, 0.4) is 0 Å². The molecule has 0 bridgehead atoms. The first-order valence-electron chi connectivity index (χ1n) is 9.58. The van der Waals surface area contributed by atoms with Gasteiger partial charge in [-0.3, -0.25) is 4.79 Å². The van der Waals surface area contributed by atoms with Crippen LogP contribution in [0.25, 0.3) is 5.69 Å². The van der Waals surface area contributed by atoms with Gasteiger partial charge in [0.1, 0.15) is 6.10 Å². The van der Waals surface area contributed by atoms with Gasteiger partial charge in [0.2, 0.25) is 5.88 Å². The highest BCUT2D eigenvalue weighted by molar-refractivity contribution is 5.95. The molecule has 1 fully saturated rings. The lowest BCUT2D eigenvalue weighted by molar-refractivity contribution is 0.0525. The monoisotopic (exact) mass is 393 g/mol. The second-order valence-electron chi connectivity index (χ2n) is 6.91. The van der Waals surface area contributed by atoms with Gasteiger partial charge in [0.25, 0.3) is 5.91 Å². The standard InChI is InChI=1S/C21H23N5O3/c1-15-18(13-23-26(15)16-7-4-3-5-8-16)20(27)25-12-6-9-17(14-25)29-19-10-11-22-21(24-19)28-2/h3-5,7-8,10-11,13,17H,6,9,12,14H2,1-2H3. The van der Waals surface area contributed by atoms with Crippen LogP contribution in [-0.2, 0) is 0 Å². The second-order valence-corrected chi connectivity index (χ2v) is 6.91. The zero-order valence-electron chi connectivity index (χ0n) is 16.5. The third-order valence-corrected chi connectivity index (χ3v) is 4.98. The van der Waals surface area contributed by atoms with Crippen molar-refractivity contribution in [3.63, 3.8) is 0 Å². The molecule has 3 aromatic rings. The summed E-state index contributed by atoms with van der Waals surface area (Å²) in [5.41, 5.74) is 2.37. The highest BCUT2D eigenvalue weighted by Crippen LogP contribution is 2.21. The number of piperidine rings is 1. The van der Waals surface area contributed by atoms with Gasteiger partial charge in [-0.2, -0.15) is 10.1 Å².